The van der Waals surface area contributed by atoms with E-state index in [1.165, 1.54) is 11.8 Å². The van der Waals surface area contributed by atoms with Crippen molar-refractivity contribution in [2.75, 3.05) is 42.8 Å². The maximum atomic E-state index is 14.2. The SMILES string of the molecule is COc1ccc2c(c1)SC[C@@H](NC(=O)CC(C)(C)NC[C@H](O)CO)C(=O)N2CC1=CC=C(c2ccccc2NC(C)(C)C)C(=S(=O)=O)C1. The molecule has 0 unspecified atom stereocenters. The Morgan fingerprint density at radius 3 is 2.52 bits per heavy atom. The third-order valence-corrected chi connectivity index (χ3v) is 9.76. The predicted octanol–water partition coefficient (Wildman–Crippen LogP) is 3.41. The summed E-state index contributed by atoms with van der Waals surface area (Å²) in [6.45, 7) is 9.54. The summed E-state index contributed by atoms with van der Waals surface area (Å²) in [5, 5.41) is 28.3. The Balaban J connectivity index is 1.64. The largest absolute Gasteiger partial charge is 0.497 e. The van der Waals surface area contributed by atoms with Crippen LogP contribution in [0.2, 0.25) is 0 Å². The van der Waals surface area contributed by atoms with Crippen molar-refractivity contribution in [2.45, 2.75) is 75.6 Å². The molecule has 2 aromatic carbocycles. The van der Waals surface area contributed by atoms with E-state index in [0.29, 0.717) is 17.0 Å². The average molecular weight is 699 g/mol. The van der Waals surface area contributed by atoms with Crippen LogP contribution in [0.4, 0.5) is 11.4 Å². The Kier molecular flexibility index (Phi) is 12.2. The minimum absolute atomic E-state index is 0.0261. The van der Waals surface area contributed by atoms with Crippen molar-refractivity contribution >= 4 is 55.7 Å². The molecular weight excluding hydrogens is 653 g/mol. The number of hydrogen-bond donors (Lipinski definition) is 5. The molecule has 11 nitrogen and oxygen atoms in total. The maximum absolute atomic E-state index is 14.2. The second-order valence-corrected chi connectivity index (χ2v) is 15.7. The molecule has 1 aliphatic heterocycles. The number of carbonyl (C=O) groups excluding carboxylic acids is 2. The van der Waals surface area contributed by atoms with Crippen molar-refractivity contribution in [3.05, 3.63) is 65.8 Å². The van der Waals surface area contributed by atoms with E-state index in [-0.39, 0.29) is 53.9 Å². The van der Waals surface area contributed by atoms with Gasteiger partial charge in [0, 0.05) is 64.5 Å². The number of para-hydroxylation sites is 1. The third kappa shape index (κ3) is 9.73. The Hall–Kier alpha value is -3.62. The number of thioether (sulfide) groups is 1. The Labute approximate surface area is 288 Å². The third-order valence-electron chi connectivity index (χ3n) is 7.86. The molecule has 1 aliphatic carbocycles. The fraction of sp³-hybridized carbons (Fsp3) is 0.457. The number of ether oxygens (including phenoxy) is 1. The maximum Gasteiger partial charge on any atom is 0.250 e. The first-order valence-electron chi connectivity index (χ1n) is 15.8. The van der Waals surface area contributed by atoms with Crippen LogP contribution in [-0.4, -0.2) is 91.1 Å². The molecule has 0 bridgehead atoms. The van der Waals surface area contributed by atoms with Crippen molar-refractivity contribution in [1.29, 1.82) is 0 Å². The number of methoxy groups -OCH3 is 1. The highest BCUT2D eigenvalue weighted by Crippen LogP contribution is 2.38. The van der Waals surface area contributed by atoms with Crippen molar-refractivity contribution in [2.24, 2.45) is 0 Å². The zero-order chi connectivity index (χ0) is 35.2. The Bertz CT molecular complexity index is 1720. The van der Waals surface area contributed by atoms with E-state index in [1.807, 2.05) is 57.2 Å². The summed E-state index contributed by atoms with van der Waals surface area (Å²) >= 11 is 1.43. The molecular formula is C35H46N4O7S2. The molecule has 0 saturated heterocycles. The molecule has 2 amide bonds. The summed E-state index contributed by atoms with van der Waals surface area (Å²) in [4.78, 5) is 30.0. The summed E-state index contributed by atoms with van der Waals surface area (Å²) < 4.78 is 30.7. The van der Waals surface area contributed by atoms with E-state index in [4.69, 9.17) is 9.84 Å². The first-order valence-corrected chi connectivity index (χ1v) is 17.8. The summed E-state index contributed by atoms with van der Waals surface area (Å²) in [6, 6.07) is 12.2. The number of amides is 2. The highest BCUT2D eigenvalue weighted by atomic mass is 32.2. The molecule has 4 rings (SSSR count). The molecule has 2 atom stereocenters. The molecule has 260 valence electrons. The number of β-amino-alcohol motifs (C(OH)–C–C–N with tert-alkyl or cyclic N) is 1. The van der Waals surface area contributed by atoms with Gasteiger partial charge in [-0.2, -0.15) is 8.42 Å². The molecule has 0 fully saturated rings. The number of allylic oxidation sites excluding steroid dienone is 3. The molecule has 5 N–H and O–H groups in total. The van der Waals surface area contributed by atoms with E-state index >= 15 is 0 Å². The minimum Gasteiger partial charge on any atom is -0.497 e. The number of aliphatic hydroxyl groups excluding tert-OH is 2. The van der Waals surface area contributed by atoms with Crippen LogP contribution in [0.5, 0.6) is 5.75 Å². The van der Waals surface area contributed by atoms with Crippen molar-refractivity contribution in [3.8, 4) is 5.75 Å². The van der Waals surface area contributed by atoms with E-state index < -0.39 is 34.6 Å². The standard InChI is InChI=1S/C35H46N4O7S2/c1-34(2,3)38-27-10-8-7-9-25(27)26-13-11-22(15-31(26)48(44)45)19-39-29-14-12-24(46-6)16-30(29)47-21-28(33(39)43)37-32(42)17-35(4,5)36-18-23(41)20-40/h7-14,16,23,28,36,38,40-41H,15,17-21H2,1-6H3,(H,37,42)/t23-,28+/m0/s1. The van der Waals surface area contributed by atoms with Crippen LogP contribution in [0.25, 0.3) is 5.57 Å². The molecule has 2 aliphatic rings. The van der Waals surface area contributed by atoms with E-state index in [9.17, 15) is 23.1 Å². The van der Waals surface area contributed by atoms with Gasteiger partial charge in [0.25, 0.3) is 5.91 Å². The lowest BCUT2D eigenvalue weighted by molar-refractivity contribution is -0.127. The van der Waals surface area contributed by atoms with Gasteiger partial charge in [0.2, 0.25) is 16.2 Å². The number of fused-ring (bicyclic) bond motifs is 1. The lowest BCUT2D eigenvalue weighted by Crippen LogP contribution is -2.53. The molecule has 48 heavy (non-hydrogen) atoms. The fourth-order valence-electron chi connectivity index (χ4n) is 5.53. The lowest BCUT2D eigenvalue weighted by atomic mass is 9.91. The zero-order valence-corrected chi connectivity index (χ0v) is 29.9. The van der Waals surface area contributed by atoms with Gasteiger partial charge in [-0.3, -0.25) is 9.59 Å². The van der Waals surface area contributed by atoms with Gasteiger partial charge in [0.05, 0.1) is 30.4 Å². The van der Waals surface area contributed by atoms with E-state index in [1.54, 1.807) is 44.1 Å². The van der Waals surface area contributed by atoms with Gasteiger partial charge in [-0.05, 0) is 64.5 Å². The molecule has 0 saturated carbocycles. The molecule has 1 heterocycles. The number of carbonyl (C=O) groups is 2. The first-order chi connectivity index (χ1) is 22.6. The van der Waals surface area contributed by atoms with Crippen molar-refractivity contribution < 1.29 is 33.0 Å². The molecule has 0 aromatic heterocycles. The Morgan fingerprint density at radius 1 is 1.12 bits per heavy atom. The normalized spacial score (nSPS) is 17.5. The summed E-state index contributed by atoms with van der Waals surface area (Å²) in [6.07, 6.45) is 2.85. The zero-order valence-electron chi connectivity index (χ0n) is 28.3. The van der Waals surface area contributed by atoms with E-state index in [2.05, 4.69) is 16.0 Å². The van der Waals surface area contributed by atoms with Crippen LogP contribution in [0.1, 0.15) is 53.0 Å². The molecule has 0 radical (unpaired) electrons. The highest BCUT2D eigenvalue weighted by molar-refractivity contribution is 7.99. The fourth-order valence-corrected chi connectivity index (χ4v) is 7.29. The van der Waals surface area contributed by atoms with Crippen LogP contribution in [0.3, 0.4) is 0 Å². The summed E-state index contributed by atoms with van der Waals surface area (Å²) in [7, 11) is -0.954. The van der Waals surface area contributed by atoms with Gasteiger partial charge >= 0.3 is 0 Å². The van der Waals surface area contributed by atoms with Crippen molar-refractivity contribution in [1.82, 2.24) is 10.6 Å². The predicted molar refractivity (Wildman–Crippen MR) is 192 cm³/mol. The van der Waals surface area contributed by atoms with Gasteiger partial charge in [0.15, 0.2) is 0 Å². The van der Waals surface area contributed by atoms with Crippen LogP contribution >= 0.6 is 11.8 Å². The second-order valence-electron chi connectivity index (χ2n) is 13.6. The monoisotopic (exact) mass is 698 g/mol. The number of benzene rings is 2. The minimum atomic E-state index is -2.52. The highest BCUT2D eigenvalue weighted by Gasteiger charge is 2.34. The van der Waals surface area contributed by atoms with Gasteiger partial charge in [-0.25, -0.2) is 0 Å². The van der Waals surface area contributed by atoms with Crippen LogP contribution < -0.4 is 25.6 Å². The van der Waals surface area contributed by atoms with E-state index in [0.717, 1.165) is 21.7 Å². The van der Waals surface area contributed by atoms with Crippen LogP contribution in [-0.2, 0) is 19.9 Å². The molecule has 13 heteroatoms. The number of aliphatic hydroxyl groups is 2. The van der Waals surface area contributed by atoms with Crippen molar-refractivity contribution in [3.63, 3.8) is 0 Å². The van der Waals surface area contributed by atoms with Gasteiger partial charge < -0.3 is 35.8 Å². The smallest absolute Gasteiger partial charge is 0.250 e. The second kappa shape index (κ2) is 15.7. The average Bonchev–Trinajstić information content (AvgIpc) is 3.14. The number of hydrogen-bond acceptors (Lipinski definition) is 10. The van der Waals surface area contributed by atoms with Gasteiger partial charge in [0.1, 0.15) is 11.8 Å². The van der Waals surface area contributed by atoms with Crippen LogP contribution in [0.15, 0.2) is 65.1 Å². The number of nitrogens with zero attached hydrogens (tertiary/aromatic N) is 1. The molecule has 2 aromatic rings. The molecule has 0 spiro atoms. The van der Waals surface area contributed by atoms with Crippen LogP contribution in [0, 0.1) is 0 Å². The first kappa shape index (κ1) is 37.2. The Morgan fingerprint density at radius 2 is 1.85 bits per heavy atom. The van der Waals surface area contributed by atoms with Gasteiger partial charge in [-0.1, -0.05) is 30.4 Å². The summed E-state index contributed by atoms with van der Waals surface area (Å²) in [5.41, 5.74) is 2.59. The quantitative estimate of drug-likeness (QED) is 0.208. The lowest BCUT2D eigenvalue weighted by Gasteiger charge is -2.30. The number of anilines is 2. The summed E-state index contributed by atoms with van der Waals surface area (Å²) in [5.74, 6) is 0.235. The number of nitrogens with one attached hydrogen (secondary N) is 3. The van der Waals surface area contributed by atoms with Gasteiger partial charge in [-0.15, -0.1) is 11.8 Å². The topological polar surface area (TPSA) is 157 Å². The number of rotatable bonds is 12.